The first kappa shape index (κ1) is 18.3. The number of benzene rings is 2. The van der Waals surface area contributed by atoms with Gasteiger partial charge in [0.2, 0.25) is 5.13 Å². The Morgan fingerprint density at radius 3 is 2.63 bits per heavy atom. The van der Waals surface area contributed by atoms with Crippen molar-refractivity contribution in [2.24, 2.45) is 5.10 Å². The van der Waals surface area contributed by atoms with Crippen LogP contribution in [0.5, 0.6) is 17.2 Å². The molecule has 0 atom stereocenters. The number of nitrogens with one attached hydrogen (secondary N) is 1. The van der Waals surface area contributed by atoms with E-state index in [0.29, 0.717) is 22.4 Å². The summed E-state index contributed by atoms with van der Waals surface area (Å²) in [5.41, 5.74) is 4.62. The summed E-state index contributed by atoms with van der Waals surface area (Å²) in [6.07, 6.45) is 1.65. The van der Waals surface area contributed by atoms with Gasteiger partial charge in [-0.25, -0.2) is 4.98 Å². The number of hydrogen-bond donors (Lipinski definition) is 1. The highest BCUT2D eigenvalue weighted by atomic mass is 32.1. The molecule has 8 nitrogen and oxygen atoms in total. The summed E-state index contributed by atoms with van der Waals surface area (Å²) in [7, 11) is 1.54. The van der Waals surface area contributed by atoms with E-state index in [1.807, 2.05) is 18.4 Å². The maximum atomic E-state index is 10.7. The molecule has 1 heterocycles. The fourth-order valence-electron chi connectivity index (χ4n) is 2.18. The first-order valence-electron chi connectivity index (χ1n) is 7.86. The van der Waals surface area contributed by atoms with Crippen LogP contribution in [0.25, 0.3) is 0 Å². The molecule has 0 aliphatic rings. The monoisotopic (exact) mass is 384 g/mol. The second-order valence-corrected chi connectivity index (χ2v) is 6.29. The molecule has 3 rings (SSSR count). The summed E-state index contributed by atoms with van der Waals surface area (Å²) >= 11 is 1.48. The lowest BCUT2D eigenvalue weighted by Gasteiger charge is -2.10. The minimum atomic E-state index is -0.459. The standard InChI is InChI=1S/C18H16N4O4S/c1-12-11-27-18(20-12)21-19-10-13-3-8-16(17(9-13)25-2)26-15-6-4-14(5-7-15)22(23)24/h3-11H,1-2H3,(H,20,21). The van der Waals surface area contributed by atoms with Crippen molar-refractivity contribution in [1.82, 2.24) is 4.98 Å². The van der Waals surface area contributed by atoms with Crippen LogP contribution < -0.4 is 14.9 Å². The smallest absolute Gasteiger partial charge is 0.269 e. The van der Waals surface area contributed by atoms with E-state index in [9.17, 15) is 10.1 Å². The van der Waals surface area contributed by atoms with Gasteiger partial charge in [-0.1, -0.05) is 0 Å². The molecule has 9 heteroatoms. The van der Waals surface area contributed by atoms with Crippen molar-refractivity contribution >= 4 is 28.4 Å². The van der Waals surface area contributed by atoms with E-state index in [0.717, 1.165) is 11.3 Å². The predicted molar refractivity (Wildman–Crippen MR) is 104 cm³/mol. The van der Waals surface area contributed by atoms with E-state index in [-0.39, 0.29) is 5.69 Å². The summed E-state index contributed by atoms with van der Waals surface area (Å²) < 4.78 is 11.1. The molecular formula is C18H16N4O4S. The molecule has 1 N–H and O–H groups in total. The van der Waals surface area contributed by atoms with Crippen molar-refractivity contribution in [3.63, 3.8) is 0 Å². The highest BCUT2D eigenvalue weighted by molar-refractivity contribution is 7.13. The highest BCUT2D eigenvalue weighted by Gasteiger charge is 2.09. The SMILES string of the molecule is COc1cc(C=NNc2nc(C)cs2)ccc1Oc1ccc([N+](=O)[O-])cc1. The minimum absolute atomic E-state index is 0.00352. The molecule has 0 saturated heterocycles. The van der Waals surface area contributed by atoms with Crippen LogP contribution in [0.3, 0.4) is 0 Å². The summed E-state index contributed by atoms with van der Waals surface area (Å²) in [4.78, 5) is 14.5. The summed E-state index contributed by atoms with van der Waals surface area (Å²) in [5, 5.41) is 17.5. The molecule has 0 aliphatic heterocycles. The number of anilines is 1. The molecular weight excluding hydrogens is 368 g/mol. The van der Waals surface area contributed by atoms with Gasteiger partial charge < -0.3 is 9.47 Å². The second kappa shape index (κ2) is 8.28. The van der Waals surface area contributed by atoms with E-state index in [1.54, 1.807) is 18.3 Å². The van der Waals surface area contributed by atoms with Gasteiger partial charge in [-0.05, 0) is 42.8 Å². The topological polar surface area (TPSA) is 98.9 Å². The van der Waals surface area contributed by atoms with Gasteiger partial charge in [-0.2, -0.15) is 5.10 Å². The number of methoxy groups -OCH3 is 1. The average molecular weight is 384 g/mol. The minimum Gasteiger partial charge on any atom is -0.493 e. The van der Waals surface area contributed by atoms with Crippen LogP contribution in [0.2, 0.25) is 0 Å². The zero-order valence-electron chi connectivity index (χ0n) is 14.6. The van der Waals surface area contributed by atoms with Crippen molar-refractivity contribution in [2.45, 2.75) is 6.92 Å². The molecule has 0 spiro atoms. The number of ether oxygens (including phenoxy) is 2. The van der Waals surface area contributed by atoms with Crippen molar-refractivity contribution in [1.29, 1.82) is 0 Å². The van der Waals surface area contributed by atoms with Crippen molar-refractivity contribution in [2.75, 3.05) is 12.5 Å². The van der Waals surface area contributed by atoms with Crippen LogP contribution >= 0.6 is 11.3 Å². The van der Waals surface area contributed by atoms with Gasteiger partial charge in [-0.15, -0.1) is 11.3 Å². The third-order valence-corrected chi connectivity index (χ3v) is 4.32. The zero-order valence-corrected chi connectivity index (χ0v) is 15.4. The molecule has 0 unspecified atom stereocenters. The van der Waals surface area contributed by atoms with Crippen molar-refractivity contribution in [3.8, 4) is 17.2 Å². The van der Waals surface area contributed by atoms with Gasteiger partial charge in [0.15, 0.2) is 11.5 Å². The van der Waals surface area contributed by atoms with Crippen LogP contribution in [0.1, 0.15) is 11.3 Å². The first-order chi connectivity index (χ1) is 13.0. The molecule has 2 aromatic carbocycles. The molecule has 0 amide bonds. The first-order valence-corrected chi connectivity index (χ1v) is 8.74. The number of aromatic nitrogens is 1. The third-order valence-electron chi connectivity index (χ3n) is 3.46. The summed E-state index contributed by atoms with van der Waals surface area (Å²) in [6, 6.07) is 11.2. The van der Waals surface area contributed by atoms with Crippen LogP contribution in [0.15, 0.2) is 52.9 Å². The van der Waals surface area contributed by atoms with Crippen LogP contribution in [-0.4, -0.2) is 23.2 Å². The number of hydrogen-bond acceptors (Lipinski definition) is 8. The Labute approximate surface area is 159 Å². The molecule has 27 heavy (non-hydrogen) atoms. The van der Waals surface area contributed by atoms with Gasteiger partial charge in [0.25, 0.3) is 5.69 Å². The zero-order chi connectivity index (χ0) is 19.2. The quantitative estimate of drug-likeness (QED) is 0.363. The molecule has 138 valence electrons. The Hall–Kier alpha value is -3.46. The maximum Gasteiger partial charge on any atom is 0.269 e. The lowest BCUT2D eigenvalue weighted by Crippen LogP contribution is -1.94. The summed E-state index contributed by atoms with van der Waals surface area (Å²) in [5.74, 6) is 1.48. The molecule has 0 radical (unpaired) electrons. The number of rotatable bonds is 7. The van der Waals surface area contributed by atoms with E-state index in [1.165, 1.54) is 42.7 Å². The van der Waals surface area contributed by atoms with Gasteiger partial charge in [0.1, 0.15) is 5.75 Å². The highest BCUT2D eigenvalue weighted by Crippen LogP contribution is 2.32. The fraction of sp³-hybridized carbons (Fsp3) is 0.111. The van der Waals surface area contributed by atoms with E-state index < -0.39 is 4.92 Å². The number of hydrazone groups is 1. The number of nitro benzene ring substituents is 1. The van der Waals surface area contributed by atoms with E-state index >= 15 is 0 Å². The van der Waals surface area contributed by atoms with Crippen LogP contribution in [0, 0.1) is 17.0 Å². The van der Waals surface area contributed by atoms with Gasteiger partial charge >= 0.3 is 0 Å². The largest absolute Gasteiger partial charge is 0.493 e. The Kier molecular flexibility index (Phi) is 5.62. The van der Waals surface area contributed by atoms with Crippen LogP contribution in [0.4, 0.5) is 10.8 Å². The molecule has 3 aromatic rings. The molecule has 0 aliphatic carbocycles. The average Bonchev–Trinajstić information content (AvgIpc) is 3.08. The number of nitro groups is 1. The Balaban J connectivity index is 1.70. The number of nitrogens with zero attached hydrogens (tertiary/aromatic N) is 3. The number of non-ortho nitro benzene ring substituents is 1. The molecule has 0 bridgehead atoms. The van der Waals surface area contributed by atoms with Crippen LogP contribution in [-0.2, 0) is 0 Å². The molecule has 1 aromatic heterocycles. The predicted octanol–water partition coefficient (Wildman–Crippen LogP) is 4.61. The van der Waals surface area contributed by atoms with Crippen molar-refractivity contribution < 1.29 is 14.4 Å². The molecule has 0 fully saturated rings. The third kappa shape index (κ3) is 4.79. The lowest BCUT2D eigenvalue weighted by atomic mass is 10.2. The number of aryl methyl sites for hydroxylation is 1. The maximum absolute atomic E-state index is 10.7. The Bertz CT molecular complexity index is 970. The van der Waals surface area contributed by atoms with Gasteiger partial charge in [0, 0.05) is 17.5 Å². The summed E-state index contributed by atoms with van der Waals surface area (Å²) in [6.45, 7) is 1.92. The van der Waals surface area contributed by atoms with Gasteiger partial charge in [-0.3, -0.25) is 15.5 Å². The van der Waals surface area contributed by atoms with Gasteiger partial charge in [0.05, 0.1) is 23.9 Å². The molecule has 0 saturated carbocycles. The number of thiazole rings is 1. The lowest BCUT2D eigenvalue weighted by molar-refractivity contribution is -0.384. The Morgan fingerprint density at radius 1 is 1.22 bits per heavy atom. The second-order valence-electron chi connectivity index (χ2n) is 5.43. The normalized spacial score (nSPS) is 10.7. The van der Waals surface area contributed by atoms with Crippen molar-refractivity contribution in [3.05, 3.63) is 69.2 Å². The fourth-order valence-corrected chi connectivity index (χ4v) is 2.82. The Morgan fingerprint density at radius 2 is 2.00 bits per heavy atom. The van der Waals surface area contributed by atoms with E-state index in [4.69, 9.17) is 9.47 Å². The van der Waals surface area contributed by atoms with E-state index in [2.05, 4.69) is 15.5 Å².